The molecule has 0 radical (unpaired) electrons. The molecule has 0 fully saturated rings. The molecule has 6 N–H and O–H groups in total. The van der Waals surface area contributed by atoms with Gasteiger partial charge >= 0.3 is 11.9 Å². The van der Waals surface area contributed by atoms with Crippen LogP contribution in [0.2, 0.25) is 0 Å². The van der Waals surface area contributed by atoms with Crippen molar-refractivity contribution < 1.29 is 19.8 Å². The lowest BCUT2D eigenvalue weighted by Crippen LogP contribution is -2.14. The Morgan fingerprint density at radius 2 is 1.27 bits per heavy atom. The number of aryl methyl sites for hydroxylation is 2. The number of carbonyl (C=O) groups is 2. The van der Waals surface area contributed by atoms with Crippen LogP contribution >= 0.6 is 24.8 Å². The highest BCUT2D eigenvalue weighted by atomic mass is 35.5. The average molecular weight is 586 g/mol. The highest BCUT2D eigenvalue weighted by Crippen LogP contribution is 2.22. The maximum Gasteiger partial charge on any atom is 0.303 e. The van der Waals surface area contributed by atoms with Gasteiger partial charge in [0, 0.05) is 57.0 Å². The number of carboxylic acid groups (broad SMARTS) is 2. The molecule has 40 heavy (non-hydrogen) atoms. The molecule has 0 unspecified atom stereocenters. The summed E-state index contributed by atoms with van der Waals surface area (Å²) >= 11 is 0. The van der Waals surface area contributed by atoms with Crippen molar-refractivity contribution in [3.05, 3.63) is 89.7 Å². The van der Waals surface area contributed by atoms with Crippen molar-refractivity contribution in [3.63, 3.8) is 0 Å². The first-order chi connectivity index (χ1) is 18.1. The van der Waals surface area contributed by atoms with Gasteiger partial charge in [-0.1, -0.05) is 0 Å². The Hall–Kier alpha value is -3.88. The van der Waals surface area contributed by atoms with Gasteiger partial charge in [-0.25, -0.2) is 0 Å². The molecule has 5 heterocycles. The maximum atomic E-state index is 11.4. The second-order valence-electron chi connectivity index (χ2n) is 10.1. The van der Waals surface area contributed by atoms with Crippen LogP contribution in [0.3, 0.4) is 0 Å². The van der Waals surface area contributed by atoms with E-state index in [1.807, 2.05) is 26.0 Å². The quantitative estimate of drug-likeness (QED) is 0.183. The summed E-state index contributed by atoms with van der Waals surface area (Å²) in [6.45, 7) is 8.13. The second-order valence-corrected chi connectivity index (χ2v) is 10.1. The number of hydrogen-bond donors (Lipinski definition) is 6. The zero-order valence-corrected chi connectivity index (χ0v) is 24.5. The van der Waals surface area contributed by atoms with Crippen LogP contribution in [-0.4, -0.2) is 42.1 Å². The standard InChI is InChI=1S/C30H32N4O4.2ClH/c1-15-9-20-12-25-17(3)21(5-7-29(35)36)27(33-25)14-28-22(6-8-30(37)38)18(4)26(34-28)13-24-16(2)10-19(32-24)11-23(15)31-20;;/h9-14,31-34H,5-8H2,1-4H3,(H,35,36)(H,37,38);2*1H. The number of rotatable bonds is 6. The van der Waals surface area contributed by atoms with Crippen molar-refractivity contribution in [2.24, 2.45) is 0 Å². The van der Waals surface area contributed by atoms with Gasteiger partial charge in [0.1, 0.15) is 0 Å². The molecule has 10 heteroatoms. The first-order valence-electron chi connectivity index (χ1n) is 12.7. The second kappa shape index (κ2) is 12.1. The van der Waals surface area contributed by atoms with Crippen LogP contribution < -0.4 is 21.4 Å². The SMILES string of the molecule is Cc1cc2[nH]c1C=c1[nH]c(c(CCC(=O)O)c1C)=Cc1[nH]c(c(C)c1CCC(=O)O)C=c1cc(C)c([nH]1)=C2.Cl.Cl. The predicted octanol–water partition coefficient (Wildman–Crippen LogP) is 2.74. The van der Waals surface area contributed by atoms with Crippen LogP contribution in [0, 0.1) is 27.7 Å². The minimum Gasteiger partial charge on any atom is -0.481 e. The zero-order chi connectivity index (χ0) is 27.1. The van der Waals surface area contributed by atoms with E-state index < -0.39 is 11.9 Å². The van der Waals surface area contributed by atoms with Gasteiger partial charge in [-0.05, 0) is 110 Å². The number of aromatic amines is 4. The Balaban J connectivity index is 0.00000220. The van der Waals surface area contributed by atoms with Gasteiger partial charge < -0.3 is 30.1 Å². The van der Waals surface area contributed by atoms with E-state index >= 15 is 0 Å². The van der Waals surface area contributed by atoms with Crippen LogP contribution in [0.25, 0.3) is 24.3 Å². The van der Waals surface area contributed by atoms with Crippen LogP contribution in [0.4, 0.5) is 0 Å². The number of carboxylic acids is 2. The number of hydrogen-bond acceptors (Lipinski definition) is 2. The molecule has 0 amide bonds. The fraction of sp³-hybridized carbons (Fsp3) is 0.267. The molecule has 4 aromatic rings. The van der Waals surface area contributed by atoms with Gasteiger partial charge in [-0.3, -0.25) is 9.59 Å². The maximum absolute atomic E-state index is 11.4. The minimum absolute atomic E-state index is 0. The number of aromatic nitrogens is 4. The molecule has 0 atom stereocenters. The highest BCUT2D eigenvalue weighted by molar-refractivity contribution is 5.85. The molecule has 8 nitrogen and oxygen atoms in total. The molecular formula is C30H34Cl2N4O4. The summed E-state index contributed by atoms with van der Waals surface area (Å²) in [7, 11) is 0. The first kappa shape index (κ1) is 30.7. The highest BCUT2D eigenvalue weighted by Gasteiger charge is 2.15. The summed E-state index contributed by atoms with van der Waals surface area (Å²) in [6, 6.07) is 4.21. The lowest BCUT2D eigenvalue weighted by Gasteiger charge is -2.01. The van der Waals surface area contributed by atoms with Crippen molar-refractivity contribution in [1.82, 2.24) is 19.9 Å². The number of fused-ring (bicyclic) bond motifs is 8. The van der Waals surface area contributed by atoms with Gasteiger partial charge in [0.25, 0.3) is 0 Å². The summed E-state index contributed by atoms with van der Waals surface area (Å²) < 4.78 is 0. The fourth-order valence-electron chi connectivity index (χ4n) is 5.26. The van der Waals surface area contributed by atoms with Crippen LogP contribution in [-0.2, 0) is 22.4 Å². The van der Waals surface area contributed by atoms with Crippen molar-refractivity contribution in [3.8, 4) is 0 Å². The zero-order valence-electron chi connectivity index (χ0n) is 22.8. The number of nitrogens with one attached hydrogen (secondary N) is 4. The van der Waals surface area contributed by atoms with E-state index in [4.69, 9.17) is 0 Å². The Bertz CT molecular complexity index is 1840. The number of halogens is 2. The van der Waals surface area contributed by atoms with E-state index in [1.165, 1.54) is 0 Å². The topological polar surface area (TPSA) is 138 Å². The Morgan fingerprint density at radius 1 is 0.625 bits per heavy atom. The fourth-order valence-corrected chi connectivity index (χ4v) is 5.26. The van der Waals surface area contributed by atoms with Gasteiger partial charge in [0.2, 0.25) is 0 Å². The number of aliphatic carboxylic acids is 2. The third-order valence-electron chi connectivity index (χ3n) is 7.41. The summed E-state index contributed by atoms with van der Waals surface area (Å²) in [4.78, 5) is 36.9. The minimum atomic E-state index is -0.851. The van der Waals surface area contributed by atoms with E-state index in [-0.39, 0.29) is 37.7 Å². The Morgan fingerprint density at radius 3 is 1.95 bits per heavy atom. The molecule has 0 saturated heterocycles. The normalized spacial score (nSPS) is 11.7. The summed E-state index contributed by atoms with van der Waals surface area (Å²) in [6.07, 6.45) is 8.98. The van der Waals surface area contributed by atoms with Gasteiger partial charge in [-0.15, -0.1) is 24.8 Å². The molecule has 8 bridgehead atoms. The van der Waals surface area contributed by atoms with Crippen molar-refractivity contribution >= 4 is 61.1 Å². The number of H-pyrrole nitrogens is 4. The van der Waals surface area contributed by atoms with E-state index in [1.54, 1.807) is 0 Å². The van der Waals surface area contributed by atoms with E-state index in [2.05, 4.69) is 58.1 Å². The summed E-state index contributed by atoms with van der Waals surface area (Å²) in [5, 5.41) is 22.4. The lowest BCUT2D eigenvalue weighted by molar-refractivity contribution is -0.138. The predicted molar refractivity (Wildman–Crippen MR) is 161 cm³/mol. The molecular weight excluding hydrogens is 551 g/mol. The average Bonchev–Trinajstić information content (AvgIpc) is 3.53. The summed E-state index contributed by atoms with van der Waals surface area (Å²) in [5.74, 6) is -1.70. The molecule has 1 aliphatic rings. The third-order valence-corrected chi connectivity index (χ3v) is 7.41. The molecule has 0 saturated carbocycles. The molecule has 212 valence electrons. The third kappa shape index (κ3) is 6.13. The summed E-state index contributed by atoms with van der Waals surface area (Å²) in [5.41, 5.74) is 9.75. The van der Waals surface area contributed by atoms with E-state index in [9.17, 15) is 19.8 Å². The van der Waals surface area contributed by atoms with Gasteiger partial charge in [0.15, 0.2) is 0 Å². The van der Waals surface area contributed by atoms with Crippen molar-refractivity contribution in [2.75, 3.05) is 0 Å². The monoisotopic (exact) mass is 584 g/mol. The molecule has 0 aromatic carbocycles. The van der Waals surface area contributed by atoms with Crippen molar-refractivity contribution in [1.29, 1.82) is 0 Å². The first-order valence-corrected chi connectivity index (χ1v) is 12.7. The van der Waals surface area contributed by atoms with Crippen LogP contribution in [0.5, 0.6) is 0 Å². The molecule has 0 aliphatic carbocycles. The Labute approximate surface area is 243 Å². The van der Waals surface area contributed by atoms with Crippen molar-refractivity contribution in [2.45, 2.75) is 53.4 Å². The molecule has 5 rings (SSSR count). The smallest absolute Gasteiger partial charge is 0.303 e. The van der Waals surface area contributed by atoms with Gasteiger partial charge in [0.05, 0.1) is 0 Å². The molecule has 1 aliphatic heterocycles. The lowest BCUT2D eigenvalue weighted by atomic mass is 10.0. The largest absolute Gasteiger partial charge is 0.481 e. The van der Waals surface area contributed by atoms with Crippen LogP contribution in [0.1, 0.15) is 69.0 Å². The van der Waals surface area contributed by atoms with Gasteiger partial charge in [-0.2, -0.15) is 0 Å². The van der Waals surface area contributed by atoms with Crippen LogP contribution in [0.15, 0.2) is 12.1 Å². The Kier molecular flexibility index (Phi) is 9.28. The molecule has 4 aromatic heterocycles. The molecule has 0 spiro atoms. The van der Waals surface area contributed by atoms with E-state index in [0.717, 1.165) is 77.6 Å². The van der Waals surface area contributed by atoms with E-state index in [0.29, 0.717) is 12.8 Å².